The summed E-state index contributed by atoms with van der Waals surface area (Å²) in [5.74, 6) is 1.72. The lowest BCUT2D eigenvalue weighted by Gasteiger charge is -2.15. The van der Waals surface area contributed by atoms with Crippen LogP contribution in [0.5, 0.6) is 11.5 Å². The molecule has 1 aliphatic carbocycles. The molecule has 0 unspecified atom stereocenters. The minimum absolute atomic E-state index is 0.173. The minimum Gasteiger partial charge on any atom is -0.504 e. The molecule has 1 N–H and O–H groups in total. The van der Waals surface area contributed by atoms with Crippen LogP contribution in [0.25, 0.3) is 0 Å². The van der Waals surface area contributed by atoms with Crippen molar-refractivity contribution in [2.75, 3.05) is 0 Å². The predicted octanol–water partition coefficient (Wildman–Crippen LogP) is 7.16. The van der Waals surface area contributed by atoms with E-state index in [0.717, 1.165) is 37.2 Å². The van der Waals surface area contributed by atoms with Gasteiger partial charge < -0.3 is 9.84 Å². The van der Waals surface area contributed by atoms with Crippen molar-refractivity contribution in [3.8, 4) is 11.5 Å². The molecule has 0 saturated heterocycles. The quantitative estimate of drug-likeness (QED) is 0.266. The van der Waals surface area contributed by atoms with E-state index >= 15 is 0 Å². The molecule has 3 heteroatoms. The van der Waals surface area contributed by atoms with Gasteiger partial charge in [-0.3, -0.25) is 4.79 Å². The van der Waals surface area contributed by atoms with E-state index in [0.29, 0.717) is 18.6 Å². The van der Waals surface area contributed by atoms with E-state index in [2.05, 4.69) is 13.8 Å². The second-order valence-corrected chi connectivity index (χ2v) is 8.73. The molecular formula is C26H40O3. The van der Waals surface area contributed by atoms with Gasteiger partial charge in [0.25, 0.3) is 0 Å². The summed E-state index contributed by atoms with van der Waals surface area (Å²) in [4.78, 5) is 12.2. The number of carbonyl (C=O) groups is 1. The Hall–Kier alpha value is -1.77. The molecule has 0 bridgehead atoms. The topological polar surface area (TPSA) is 46.5 Å². The molecule has 1 aliphatic rings. The summed E-state index contributed by atoms with van der Waals surface area (Å²) in [5.41, 5.74) is 1.04. The Kier molecular flexibility index (Phi) is 10.9. The first-order chi connectivity index (χ1) is 14.1. The van der Waals surface area contributed by atoms with E-state index in [-0.39, 0.29) is 17.6 Å². The van der Waals surface area contributed by atoms with Crippen LogP contribution >= 0.6 is 0 Å². The third-order valence-corrected chi connectivity index (χ3v) is 5.95. The first-order valence-electron chi connectivity index (χ1n) is 11.8. The van der Waals surface area contributed by atoms with Crippen molar-refractivity contribution in [3.05, 3.63) is 35.9 Å². The molecule has 1 aromatic rings. The van der Waals surface area contributed by atoms with Gasteiger partial charge >= 0.3 is 0 Å². The molecular weight excluding hydrogens is 360 g/mol. The van der Waals surface area contributed by atoms with Gasteiger partial charge in [-0.1, -0.05) is 58.1 Å². The predicted molar refractivity (Wildman–Crippen MR) is 121 cm³/mol. The zero-order valence-electron chi connectivity index (χ0n) is 18.5. The van der Waals surface area contributed by atoms with Crippen LogP contribution in [-0.4, -0.2) is 17.0 Å². The second kappa shape index (κ2) is 13.5. The Balaban J connectivity index is 1.66. The number of phenols is 1. The third-order valence-electron chi connectivity index (χ3n) is 5.95. The SMILES string of the molecule is CCCCC[C@H](C)CCCC=CC(=O)CCc1ccc(O)c(OC2CCCC2)c1. The highest BCUT2D eigenvalue weighted by molar-refractivity contribution is 5.89. The van der Waals surface area contributed by atoms with Gasteiger partial charge in [-0.05, 0) is 74.6 Å². The van der Waals surface area contributed by atoms with Crippen molar-refractivity contribution in [1.29, 1.82) is 0 Å². The highest BCUT2D eigenvalue weighted by Crippen LogP contribution is 2.32. The molecule has 0 heterocycles. The standard InChI is InChI=1S/C26H40O3/c1-3-4-6-11-21(2)12-7-5-8-13-23(27)18-16-22-17-19-25(28)26(20-22)29-24-14-9-10-15-24/h8,13,17,19-21,24,28H,3-7,9-12,14-16,18H2,1-2H3/t21-/m0/s1. The van der Waals surface area contributed by atoms with Crippen LogP contribution in [0.1, 0.15) is 96.5 Å². The number of benzene rings is 1. The van der Waals surface area contributed by atoms with Crippen molar-refractivity contribution in [2.24, 2.45) is 5.92 Å². The first-order valence-corrected chi connectivity index (χ1v) is 11.8. The molecule has 0 amide bonds. The number of unbranched alkanes of at least 4 members (excludes halogenated alkanes) is 3. The summed E-state index contributed by atoms with van der Waals surface area (Å²) in [6, 6.07) is 5.46. The molecule has 2 rings (SSSR count). The van der Waals surface area contributed by atoms with Crippen molar-refractivity contribution < 1.29 is 14.6 Å². The molecule has 0 radical (unpaired) electrons. The van der Waals surface area contributed by atoms with E-state index in [4.69, 9.17) is 4.74 Å². The van der Waals surface area contributed by atoms with Gasteiger partial charge in [0, 0.05) is 6.42 Å². The second-order valence-electron chi connectivity index (χ2n) is 8.73. The van der Waals surface area contributed by atoms with Crippen molar-refractivity contribution in [2.45, 2.75) is 103 Å². The molecule has 1 saturated carbocycles. The molecule has 29 heavy (non-hydrogen) atoms. The number of allylic oxidation sites excluding steroid dienone is 2. The smallest absolute Gasteiger partial charge is 0.161 e. The summed E-state index contributed by atoms with van der Waals surface area (Å²) >= 11 is 0. The van der Waals surface area contributed by atoms with E-state index in [1.165, 1.54) is 44.9 Å². The van der Waals surface area contributed by atoms with Crippen LogP contribution in [0, 0.1) is 5.92 Å². The average molecular weight is 401 g/mol. The van der Waals surface area contributed by atoms with Gasteiger partial charge in [0.05, 0.1) is 6.10 Å². The van der Waals surface area contributed by atoms with Gasteiger partial charge in [0.2, 0.25) is 0 Å². The van der Waals surface area contributed by atoms with Crippen LogP contribution in [0.15, 0.2) is 30.4 Å². The van der Waals surface area contributed by atoms with Crippen LogP contribution < -0.4 is 4.74 Å². The van der Waals surface area contributed by atoms with Gasteiger partial charge in [-0.2, -0.15) is 0 Å². The fourth-order valence-corrected chi connectivity index (χ4v) is 4.03. The number of aryl methyl sites for hydroxylation is 1. The molecule has 0 spiro atoms. The summed E-state index contributed by atoms with van der Waals surface area (Å²) < 4.78 is 5.95. The van der Waals surface area contributed by atoms with E-state index in [1.54, 1.807) is 12.1 Å². The Morgan fingerprint density at radius 2 is 1.97 bits per heavy atom. The van der Waals surface area contributed by atoms with Gasteiger partial charge in [0.1, 0.15) is 0 Å². The van der Waals surface area contributed by atoms with Gasteiger partial charge in [-0.25, -0.2) is 0 Å². The lowest BCUT2D eigenvalue weighted by atomic mass is 9.97. The van der Waals surface area contributed by atoms with E-state index < -0.39 is 0 Å². The lowest BCUT2D eigenvalue weighted by Crippen LogP contribution is -2.11. The van der Waals surface area contributed by atoms with E-state index in [9.17, 15) is 9.90 Å². The van der Waals surface area contributed by atoms with Gasteiger partial charge in [-0.15, -0.1) is 0 Å². The molecule has 1 fully saturated rings. The largest absolute Gasteiger partial charge is 0.504 e. The monoisotopic (exact) mass is 400 g/mol. The summed E-state index contributed by atoms with van der Waals surface area (Å²) in [7, 11) is 0. The summed E-state index contributed by atoms with van der Waals surface area (Å²) in [5, 5.41) is 10.0. The zero-order chi connectivity index (χ0) is 20.9. The Morgan fingerprint density at radius 3 is 2.72 bits per heavy atom. The Labute approximate surface area is 177 Å². The van der Waals surface area contributed by atoms with Crippen molar-refractivity contribution in [1.82, 2.24) is 0 Å². The average Bonchev–Trinajstić information content (AvgIpc) is 3.21. The first kappa shape index (κ1) is 23.5. The number of phenolic OH excluding ortho intramolecular Hbond substituents is 1. The van der Waals surface area contributed by atoms with Crippen LogP contribution in [0.2, 0.25) is 0 Å². The number of ether oxygens (including phenoxy) is 1. The molecule has 3 nitrogen and oxygen atoms in total. The summed E-state index contributed by atoms with van der Waals surface area (Å²) in [6.45, 7) is 4.59. The zero-order valence-corrected chi connectivity index (χ0v) is 18.5. The number of aromatic hydroxyl groups is 1. The maximum Gasteiger partial charge on any atom is 0.161 e. The molecule has 0 aromatic heterocycles. The molecule has 162 valence electrons. The molecule has 1 aromatic carbocycles. The van der Waals surface area contributed by atoms with Crippen LogP contribution in [0.3, 0.4) is 0 Å². The minimum atomic E-state index is 0.173. The number of carbonyl (C=O) groups excluding carboxylic acids is 1. The van der Waals surface area contributed by atoms with Crippen LogP contribution in [-0.2, 0) is 11.2 Å². The number of ketones is 1. The molecule has 0 aliphatic heterocycles. The third kappa shape index (κ3) is 9.51. The van der Waals surface area contributed by atoms with Gasteiger partial charge in [0.15, 0.2) is 17.3 Å². The fraction of sp³-hybridized carbons (Fsp3) is 0.654. The number of rotatable bonds is 14. The fourth-order valence-electron chi connectivity index (χ4n) is 4.03. The van der Waals surface area contributed by atoms with Crippen LogP contribution in [0.4, 0.5) is 0 Å². The van der Waals surface area contributed by atoms with Crippen molar-refractivity contribution in [3.63, 3.8) is 0 Å². The highest BCUT2D eigenvalue weighted by Gasteiger charge is 2.18. The number of hydrogen-bond donors (Lipinski definition) is 1. The normalized spacial score (nSPS) is 15.8. The lowest BCUT2D eigenvalue weighted by molar-refractivity contribution is -0.114. The van der Waals surface area contributed by atoms with E-state index in [1.807, 2.05) is 18.2 Å². The maximum absolute atomic E-state index is 12.2. The molecule has 1 atom stereocenters. The number of hydrogen-bond acceptors (Lipinski definition) is 3. The highest BCUT2D eigenvalue weighted by atomic mass is 16.5. The Bertz CT molecular complexity index is 629. The van der Waals surface area contributed by atoms with Crippen molar-refractivity contribution >= 4 is 5.78 Å². The Morgan fingerprint density at radius 1 is 1.21 bits per heavy atom. The summed E-state index contributed by atoms with van der Waals surface area (Å²) in [6.07, 6.45) is 18.4. The maximum atomic E-state index is 12.2.